The molecule has 0 radical (unpaired) electrons. The maximum absolute atomic E-state index is 13.4. The van der Waals surface area contributed by atoms with Crippen LogP contribution in [0.2, 0.25) is 0 Å². The van der Waals surface area contributed by atoms with E-state index in [1.165, 1.54) is 0 Å². The average molecular weight is 511 g/mol. The highest BCUT2D eigenvalue weighted by molar-refractivity contribution is 7.98. The number of nitriles is 1. The summed E-state index contributed by atoms with van der Waals surface area (Å²) in [5, 5.41) is 10.3. The molecule has 3 heterocycles. The molecule has 3 aromatic rings. The molecule has 184 valence electrons. The SMILES string of the molecule is C[C@@H]1CCCN(S(=O)(=O)c2ccc3c(c2)nc(SCc2ccccc2C#N)n3C[C@H]2CCCO2)C1. The van der Waals surface area contributed by atoms with Crippen molar-refractivity contribution < 1.29 is 13.2 Å². The zero-order valence-corrected chi connectivity index (χ0v) is 21.5. The zero-order valence-electron chi connectivity index (χ0n) is 19.9. The van der Waals surface area contributed by atoms with Crippen LogP contribution in [-0.2, 0) is 27.1 Å². The van der Waals surface area contributed by atoms with E-state index in [0.717, 1.165) is 48.5 Å². The lowest BCUT2D eigenvalue weighted by Crippen LogP contribution is -2.39. The second-order valence-electron chi connectivity index (χ2n) is 9.46. The predicted octanol–water partition coefficient (Wildman–Crippen LogP) is 4.80. The van der Waals surface area contributed by atoms with Gasteiger partial charge < -0.3 is 9.30 Å². The summed E-state index contributed by atoms with van der Waals surface area (Å²) in [5.74, 6) is 0.974. The molecule has 2 saturated heterocycles. The van der Waals surface area contributed by atoms with Gasteiger partial charge in [0.05, 0.1) is 40.2 Å². The van der Waals surface area contributed by atoms with E-state index < -0.39 is 10.0 Å². The third-order valence-electron chi connectivity index (χ3n) is 6.85. The Morgan fingerprint density at radius 1 is 1.20 bits per heavy atom. The van der Waals surface area contributed by atoms with E-state index in [1.807, 2.05) is 30.3 Å². The van der Waals surface area contributed by atoms with Gasteiger partial charge in [-0.3, -0.25) is 0 Å². The highest BCUT2D eigenvalue weighted by Gasteiger charge is 2.29. The summed E-state index contributed by atoms with van der Waals surface area (Å²) in [7, 11) is -3.56. The average Bonchev–Trinajstić information content (AvgIpc) is 3.51. The van der Waals surface area contributed by atoms with Crippen LogP contribution in [0.15, 0.2) is 52.5 Å². The summed E-state index contributed by atoms with van der Waals surface area (Å²) in [6.07, 6.45) is 4.13. The third kappa shape index (κ3) is 5.12. The van der Waals surface area contributed by atoms with E-state index in [1.54, 1.807) is 28.2 Å². The second-order valence-corrected chi connectivity index (χ2v) is 12.3. The molecule has 0 amide bonds. The molecule has 7 nitrogen and oxygen atoms in total. The summed E-state index contributed by atoms with van der Waals surface area (Å²) in [5.41, 5.74) is 3.19. The zero-order chi connectivity index (χ0) is 24.4. The highest BCUT2D eigenvalue weighted by atomic mass is 32.2. The number of sulfonamides is 1. The monoisotopic (exact) mass is 510 g/mol. The van der Waals surface area contributed by atoms with Gasteiger partial charge in [0.15, 0.2) is 5.16 Å². The first-order valence-electron chi connectivity index (χ1n) is 12.2. The van der Waals surface area contributed by atoms with Crippen molar-refractivity contribution in [2.75, 3.05) is 19.7 Å². The summed E-state index contributed by atoms with van der Waals surface area (Å²) >= 11 is 1.57. The summed E-state index contributed by atoms with van der Waals surface area (Å²) in [6, 6.07) is 15.1. The molecule has 2 aromatic carbocycles. The Balaban J connectivity index is 1.48. The maximum Gasteiger partial charge on any atom is 0.243 e. The van der Waals surface area contributed by atoms with Gasteiger partial charge in [0.2, 0.25) is 10.0 Å². The van der Waals surface area contributed by atoms with Crippen molar-refractivity contribution in [2.45, 2.75) is 61.1 Å². The Labute approximate surface area is 211 Å². The van der Waals surface area contributed by atoms with Gasteiger partial charge in [-0.25, -0.2) is 13.4 Å². The van der Waals surface area contributed by atoms with Crippen molar-refractivity contribution in [1.29, 1.82) is 5.26 Å². The molecule has 1 aromatic heterocycles. The molecule has 0 unspecified atom stereocenters. The van der Waals surface area contributed by atoms with Crippen LogP contribution in [0.3, 0.4) is 0 Å². The van der Waals surface area contributed by atoms with Crippen LogP contribution in [0.5, 0.6) is 0 Å². The van der Waals surface area contributed by atoms with Crippen molar-refractivity contribution in [3.63, 3.8) is 0 Å². The minimum absolute atomic E-state index is 0.122. The summed E-state index contributed by atoms with van der Waals surface area (Å²) in [4.78, 5) is 5.16. The topological polar surface area (TPSA) is 88.2 Å². The summed E-state index contributed by atoms with van der Waals surface area (Å²) in [6.45, 7) is 4.68. The van der Waals surface area contributed by atoms with Crippen LogP contribution in [0.25, 0.3) is 11.0 Å². The molecule has 2 aliphatic rings. The van der Waals surface area contributed by atoms with Gasteiger partial charge in [0.1, 0.15) is 0 Å². The number of ether oxygens (including phenoxy) is 1. The minimum atomic E-state index is -3.56. The normalized spacial score (nSPS) is 21.4. The summed E-state index contributed by atoms with van der Waals surface area (Å²) < 4.78 is 36.4. The molecule has 0 saturated carbocycles. The largest absolute Gasteiger partial charge is 0.376 e. The molecule has 2 atom stereocenters. The van der Waals surface area contributed by atoms with Crippen molar-refractivity contribution in [1.82, 2.24) is 13.9 Å². The molecular weight excluding hydrogens is 480 g/mol. The molecule has 0 aliphatic carbocycles. The Morgan fingerprint density at radius 2 is 2.06 bits per heavy atom. The van der Waals surface area contributed by atoms with Gasteiger partial charge in [0.25, 0.3) is 0 Å². The smallest absolute Gasteiger partial charge is 0.243 e. The minimum Gasteiger partial charge on any atom is -0.376 e. The number of nitrogens with zero attached hydrogens (tertiary/aromatic N) is 4. The van der Waals surface area contributed by atoms with Crippen molar-refractivity contribution >= 4 is 32.8 Å². The molecule has 2 aliphatic heterocycles. The van der Waals surface area contributed by atoms with Crippen molar-refractivity contribution in [3.8, 4) is 6.07 Å². The number of aromatic nitrogens is 2. The van der Waals surface area contributed by atoms with Crippen LogP contribution in [0.1, 0.15) is 43.7 Å². The van der Waals surface area contributed by atoms with Crippen LogP contribution < -0.4 is 0 Å². The van der Waals surface area contributed by atoms with E-state index in [4.69, 9.17) is 9.72 Å². The number of thioether (sulfide) groups is 1. The number of fused-ring (bicyclic) bond motifs is 1. The van der Waals surface area contributed by atoms with E-state index >= 15 is 0 Å². The first-order valence-corrected chi connectivity index (χ1v) is 14.6. The Morgan fingerprint density at radius 3 is 2.83 bits per heavy atom. The maximum atomic E-state index is 13.4. The van der Waals surface area contributed by atoms with E-state index in [0.29, 0.717) is 47.3 Å². The van der Waals surface area contributed by atoms with Gasteiger partial charge in [-0.15, -0.1) is 0 Å². The molecule has 9 heteroatoms. The lowest BCUT2D eigenvalue weighted by molar-refractivity contribution is 0.0960. The number of imidazole rings is 1. The van der Waals surface area contributed by atoms with E-state index in [9.17, 15) is 13.7 Å². The molecule has 35 heavy (non-hydrogen) atoms. The molecular formula is C26H30N4O3S2. The van der Waals surface area contributed by atoms with Crippen LogP contribution in [0.4, 0.5) is 0 Å². The quantitative estimate of drug-likeness (QED) is 0.424. The number of benzene rings is 2. The van der Waals surface area contributed by atoms with Gasteiger partial charge in [0, 0.05) is 25.4 Å². The number of hydrogen-bond donors (Lipinski definition) is 0. The van der Waals surface area contributed by atoms with E-state index in [2.05, 4.69) is 17.6 Å². The number of rotatable bonds is 7. The molecule has 5 rings (SSSR count). The molecule has 0 bridgehead atoms. The van der Waals surface area contributed by atoms with Gasteiger partial charge >= 0.3 is 0 Å². The lowest BCUT2D eigenvalue weighted by atomic mass is 10.0. The highest BCUT2D eigenvalue weighted by Crippen LogP contribution is 2.32. The fourth-order valence-electron chi connectivity index (χ4n) is 4.94. The predicted molar refractivity (Wildman–Crippen MR) is 137 cm³/mol. The standard InChI is InChI=1S/C26H30N4O3S2/c1-19-6-4-12-29(16-19)35(31,32)23-10-11-25-24(14-23)28-26(30(25)17-22-9-5-13-33-22)34-18-21-8-3-2-7-20(21)15-27/h2-3,7-8,10-11,14,19,22H,4-6,9,12-13,16-18H2,1H3/t19-,22-/m1/s1. The van der Waals surface area contributed by atoms with Crippen LogP contribution in [0, 0.1) is 17.2 Å². The van der Waals surface area contributed by atoms with Crippen LogP contribution in [-0.4, -0.2) is 48.1 Å². The number of piperidine rings is 1. The van der Waals surface area contributed by atoms with Crippen molar-refractivity contribution in [2.24, 2.45) is 5.92 Å². The molecule has 2 fully saturated rings. The van der Waals surface area contributed by atoms with Gasteiger partial charge in [-0.2, -0.15) is 9.57 Å². The first-order chi connectivity index (χ1) is 17.0. The lowest BCUT2D eigenvalue weighted by Gasteiger charge is -2.30. The third-order valence-corrected chi connectivity index (χ3v) is 9.73. The first kappa shape index (κ1) is 24.3. The van der Waals surface area contributed by atoms with Crippen molar-refractivity contribution in [3.05, 3.63) is 53.6 Å². The number of hydrogen-bond acceptors (Lipinski definition) is 6. The molecule has 0 spiro atoms. The second kappa shape index (κ2) is 10.3. The Hall–Kier alpha value is -2.38. The Bertz CT molecular complexity index is 1360. The fraction of sp³-hybridized carbons (Fsp3) is 0.462. The van der Waals surface area contributed by atoms with Crippen LogP contribution >= 0.6 is 11.8 Å². The molecule has 0 N–H and O–H groups in total. The van der Waals surface area contributed by atoms with Gasteiger partial charge in [-0.05, 0) is 61.4 Å². The van der Waals surface area contributed by atoms with E-state index in [-0.39, 0.29) is 6.10 Å². The van der Waals surface area contributed by atoms with Gasteiger partial charge in [-0.1, -0.05) is 36.9 Å². The fourth-order valence-corrected chi connectivity index (χ4v) is 7.58. The Kier molecular flexibility index (Phi) is 7.17.